The maximum Gasteiger partial charge on any atom is 0.223 e. The molecule has 2 saturated carbocycles. The molecule has 3 heteroatoms. The molecule has 120 valence electrons. The Morgan fingerprint density at radius 2 is 1.86 bits per heavy atom. The van der Waals surface area contributed by atoms with Crippen LogP contribution in [0.25, 0.3) is 0 Å². The molecule has 1 saturated heterocycles. The van der Waals surface area contributed by atoms with Gasteiger partial charge in [-0.05, 0) is 69.9 Å². The summed E-state index contributed by atoms with van der Waals surface area (Å²) >= 11 is 0. The van der Waals surface area contributed by atoms with Crippen LogP contribution >= 0.6 is 0 Å². The highest BCUT2D eigenvalue weighted by Crippen LogP contribution is 2.42. The van der Waals surface area contributed by atoms with Gasteiger partial charge in [0.25, 0.3) is 0 Å². The van der Waals surface area contributed by atoms with Crippen molar-refractivity contribution in [3.8, 4) is 0 Å². The zero-order valence-electron chi connectivity index (χ0n) is 13.6. The van der Waals surface area contributed by atoms with Gasteiger partial charge in [-0.25, -0.2) is 0 Å². The average Bonchev–Trinajstić information content (AvgIpc) is 2.55. The second kappa shape index (κ2) is 7.13. The molecule has 1 amide bonds. The van der Waals surface area contributed by atoms with Crippen molar-refractivity contribution in [2.45, 2.75) is 70.8 Å². The van der Waals surface area contributed by atoms with Crippen molar-refractivity contribution >= 4 is 5.91 Å². The van der Waals surface area contributed by atoms with Gasteiger partial charge in [0, 0.05) is 12.0 Å². The van der Waals surface area contributed by atoms with Gasteiger partial charge in [0.15, 0.2) is 0 Å². The summed E-state index contributed by atoms with van der Waals surface area (Å²) < 4.78 is 0. The number of amides is 1. The zero-order valence-corrected chi connectivity index (χ0v) is 13.6. The molecule has 3 nitrogen and oxygen atoms in total. The summed E-state index contributed by atoms with van der Waals surface area (Å²) in [7, 11) is 0. The molecule has 0 bridgehead atoms. The second-order valence-corrected chi connectivity index (χ2v) is 7.72. The number of carbonyl (C=O) groups is 1. The quantitative estimate of drug-likeness (QED) is 0.839. The lowest BCUT2D eigenvalue weighted by Gasteiger charge is -2.39. The first-order valence-electron chi connectivity index (χ1n) is 9.25. The van der Waals surface area contributed by atoms with E-state index in [1.54, 1.807) is 0 Å². The van der Waals surface area contributed by atoms with E-state index in [4.69, 9.17) is 0 Å². The minimum Gasteiger partial charge on any atom is -0.353 e. The molecule has 3 aliphatic rings. The van der Waals surface area contributed by atoms with Crippen LogP contribution in [0, 0.1) is 23.7 Å². The number of carbonyl (C=O) groups excluding carboxylic acids is 1. The summed E-state index contributed by atoms with van der Waals surface area (Å²) in [6.07, 6.45) is 11.7. The van der Waals surface area contributed by atoms with Gasteiger partial charge >= 0.3 is 0 Å². The normalized spacial score (nSPS) is 38.3. The van der Waals surface area contributed by atoms with Crippen molar-refractivity contribution in [3.05, 3.63) is 0 Å². The fourth-order valence-electron chi connectivity index (χ4n) is 4.88. The van der Waals surface area contributed by atoms with Crippen LogP contribution in [0.1, 0.15) is 64.7 Å². The SMILES string of the molecule is CC(NC(=O)C1CCC2CCCCC2C1)C1CCCNC1. The Labute approximate surface area is 129 Å². The topological polar surface area (TPSA) is 41.1 Å². The molecule has 0 radical (unpaired) electrons. The molecule has 2 N–H and O–H groups in total. The van der Waals surface area contributed by atoms with E-state index in [9.17, 15) is 4.79 Å². The lowest BCUT2D eigenvalue weighted by Crippen LogP contribution is -2.47. The van der Waals surface area contributed by atoms with E-state index in [2.05, 4.69) is 17.6 Å². The van der Waals surface area contributed by atoms with Crippen molar-refractivity contribution in [1.29, 1.82) is 0 Å². The van der Waals surface area contributed by atoms with Crippen molar-refractivity contribution in [2.75, 3.05) is 13.1 Å². The molecule has 2 aliphatic carbocycles. The first kappa shape index (κ1) is 15.3. The van der Waals surface area contributed by atoms with Crippen LogP contribution in [-0.2, 0) is 4.79 Å². The Balaban J connectivity index is 1.48. The Hall–Kier alpha value is -0.570. The fraction of sp³-hybridized carbons (Fsp3) is 0.944. The number of hydrogen-bond acceptors (Lipinski definition) is 2. The first-order chi connectivity index (χ1) is 10.2. The van der Waals surface area contributed by atoms with E-state index >= 15 is 0 Å². The third-order valence-corrected chi connectivity index (χ3v) is 6.32. The standard InChI is InChI=1S/C18H32N2O/c1-13(17-7-4-10-19-12-17)20-18(21)16-9-8-14-5-2-3-6-15(14)11-16/h13-17,19H,2-12H2,1H3,(H,20,21). The molecule has 0 aromatic rings. The van der Waals surface area contributed by atoms with E-state index in [0.717, 1.165) is 37.8 Å². The van der Waals surface area contributed by atoms with Crippen molar-refractivity contribution < 1.29 is 4.79 Å². The summed E-state index contributed by atoms with van der Waals surface area (Å²) in [6, 6.07) is 0.328. The number of piperidine rings is 1. The first-order valence-corrected chi connectivity index (χ1v) is 9.25. The Morgan fingerprint density at radius 3 is 2.62 bits per heavy atom. The van der Waals surface area contributed by atoms with Gasteiger partial charge in [0.1, 0.15) is 0 Å². The summed E-state index contributed by atoms with van der Waals surface area (Å²) in [5.41, 5.74) is 0. The summed E-state index contributed by atoms with van der Waals surface area (Å²) in [5.74, 6) is 3.03. The third-order valence-electron chi connectivity index (χ3n) is 6.32. The summed E-state index contributed by atoms with van der Waals surface area (Å²) in [4.78, 5) is 12.6. The average molecular weight is 292 g/mol. The summed E-state index contributed by atoms with van der Waals surface area (Å²) in [6.45, 7) is 4.40. The maximum absolute atomic E-state index is 12.6. The van der Waals surface area contributed by atoms with Crippen LogP contribution < -0.4 is 10.6 Å². The highest BCUT2D eigenvalue weighted by molar-refractivity contribution is 5.79. The molecule has 5 unspecified atom stereocenters. The van der Waals surface area contributed by atoms with E-state index in [1.165, 1.54) is 44.9 Å². The van der Waals surface area contributed by atoms with Gasteiger partial charge in [-0.3, -0.25) is 4.79 Å². The van der Waals surface area contributed by atoms with E-state index in [0.29, 0.717) is 23.8 Å². The molecule has 3 fully saturated rings. The number of nitrogens with one attached hydrogen (secondary N) is 2. The molecular weight excluding hydrogens is 260 g/mol. The fourth-order valence-corrected chi connectivity index (χ4v) is 4.88. The largest absolute Gasteiger partial charge is 0.353 e. The molecule has 21 heavy (non-hydrogen) atoms. The van der Waals surface area contributed by atoms with Gasteiger partial charge in [0.05, 0.1) is 0 Å². The number of fused-ring (bicyclic) bond motifs is 1. The number of rotatable bonds is 3. The van der Waals surface area contributed by atoms with Gasteiger partial charge < -0.3 is 10.6 Å². The van der Waals surface area contributed by atoms with Crippen LogP contribution in [-0.4, -0.2) is 25.0 Å². The van der Waals surface area contributed by atoms with Crippen molar-refractivity contribution in [2.24, 2.45) is 23.7 Å². The molecule has 5 atom stereocenters. The predicted molar refractivity (Wildman–Crippen MR) is 86.0 cm³/mol. The highest BCUT2D eigenvalue weighted by atomic mass is 16.1. The smallest absolute Gasteiger partial charge is 0.223 e. The minimum atomic E-state index is 0.295. The zero-order chi connectivity index (χ0) is 14.7. The molecular formula is C18H32N2O. The van der Waals surface area contributed by atoms with Crippen molar-refractivity contribution in [3.63, 3.8) is 0 Å². The van der Waals surface area contributed by atoms with Crippen LogP contribution in [0.5, 0.6) is 0 Å². The molecule has 1 heterocycles. The van der Waals surface area contributed by atoms with Gasteiger partial charge in [-0.1, -0.05) is 25.7 Å². The van der Waals surface area contributed by atoms with Crippen molar-refractivity contribution in [1.82, 2.24) is 10.6 Å². The third kappa shape index (κ3) is 3.80. The van der Waals surface area contributed by atoms with E-state index in [1.807, 2.05) is 0 Å². The highest BCUT2D eigenvalue weighted by Gasteiger charge is 2.35. The Morgan fingerprint density at radius 1 is 1.05 bits per heavy atom. The molecule has 0 aromatic heterocycles. The van der Waals surface area contributed by atoms with Gasteiger partial charge in [-0.2, -0.15) is 0 Å². The minimum absolute atomic E-state index is 0.295. The predicted octanol–water partition coefficient (Wildman–Crippen LogP) is 3.10. The second-order valence-electron chi connectivity index (χ2n) is 7.72. The van der Waals surface area contributed by atoms with Gasteiger partial charge in [-0.15, -0.1) is 0 Å². The lowest BCUT2D eigenvalue weighted by atomic mass is 9.67. The maximum atomic E-state index is 12.6. The van der Waals surface area contributed by atoms with Crippen LogP contribution in [0.15, 0.2) is 0 Å². The Bertz CT molecular complexity index is 351. The Kier molecular flexibility index (Phi) is 5.20. The van der Waals surface area contributed by atoms with Gasteiger partial charge in [0.2, 0.25) is 5.91 Å². The molecule has 0 aromatic carbocycles. The molecule has 3 rings (SSSR count). The van der Waals surface area contributed by atoms with Crippen LogP contribution in [0.2, 0.25) is 0 Å². The number of hydrogen-bond donors (Lipinski definition) is 2. The monoisotopic (exact) mass is 292 g/mol. The molecule has 1 aliphatic heterocycles. The van der Waals surface area contributed by atoms with E-state index < -0.39 is 0 Å². The summed E-state index contributed by atoms with van der Waals surface area (Å²) in [5, 5.41) is 6.79. The molecule has 0 spiro atoms. The van der Waals surface area contributed by atoms with E-state index in [-0.39, 0.29) is 0 Å². The lowest BCUT2D eigenvalue weighted by molar-refractivity contribution is -0.128. The van der Waals surface area contributed by atoms with Crippen LogP contribution in [0.4, 0.5) is 0 Å². The van der Waals surface area contributed by atoms with Crippen LogP contribution in [0.3, 0.4) is 0 Å².